The Labute approximate surface area is 186 Å². The third-order valence-electron chi connectivity index (χ3n) is 4.46. The van der Waals surface area contributed by atoms with Crippen LogP contribution in [0.5, 0.6) is 5.75 Å². The first-order valence-electron chi connectivity index (χ1n) is 9.55. The van der Waals surface area contributed by atoms with Crippen LogP contribution >= 0.6 is 11.3 Å². The summed E-state index contributed by atoms with van der Waals surface area (Å²) in [5.74, 6) is 0.0749. The van der Waals surface area contributed by atoms with Gasteiger partial charge in [-0.1, -0.05) is 39.0 Å². The highest BCUT2D eigenvalue weighted by Gasteiger charge is 2.22. The van der Waals surface area contributed by atoms with Crippen LogP contribution in [0.15, 0.2) is 53.6 Å². The quantitative estimate of drug-likeness (QED) is 0.551. The van der Waals surface area contributed by atoms with E-state index in [9.17, 15) is 13.2 Å². The van der Waals surface area contributed by atoms with Crippen LogP contribution in [0.4, 0.5) is 11.4 Å². The highest BCUT2D eigenvalue weighted by atomic mass is 32.2. The number of aromatic nitrogens is 1. The number of benzene rings is 2. The van der Waals surface area contributed by atoms with Crippen LogP contribution in [0.25, 0.3) is 0 Å². The standard InChI is InChI=1S/C22H25N3O4S2/c1-14-10-11-15(24-20(26)18-13-23-21(30-18)22(2,3)4)12-19(14)31(27,28)25-16-8-6-7-9-17(16)29-5/h6-13,25H,1-5H3,(H,24,26). The van der Waals surface area contributed by atoms with E-state index in [0.717, 1.165) is 5.01 Å². The molecule has 0 bridgehead atoms. The molecule has 7 nitrogen and oxygen atoms in total. The number of hydrogen-bond donors (Lipinski definition) is 2. The first-order valence-corrected chi connectivity index (χ1v) is 11.9. The molecule has 0 radical (unpaired) electrons. The molecule has 31 heavy (non-hydrogen) atoms. The van der Waals surface area contributed by atoms with Crippen molar-refractivity contribution in [2.45, 2.75) is 38.0 Å². The van der Waals surface area contributed by atoms with Crippen molar-refractivity contribution in [2.24, 2.45) is 0 Å². The molecule has 0 saturated carbocycles. The van der Waals surface area contributed by atoms with Crippen molar-refractivity contribution in [1.82, 2.24) is 4.98 Å². The lowest BCUT2D eigenvalue weighted by Crippen LogP contribution is -2.16. The van der Waals surface area contributed by atoms with E-state index in [2.05, 4.69) is 15.0 Å². The van der Waals surface area contributed by atoms with Crippen LogP contribution in [0, 0.1) is 6.92 Å². The summed E-state index contributed by atoms with van der Waals surface area (Å²) in [4.78, 5) is 17.5. The number of amides is 1. The van der Waals surface area contributed by atoms with Crippen LogP contribution in [0.2, 0.25) is 0 Å². The van der Waals surface area contributed by atoms with Gasteiger partial charge in [-0.15, -0.1) is 11.3 Å². The molecule has 0 aliphatic heterocycles. The summed E-state index contributed by atoms with van der Waals surface area (Å²) in [6.07, 6.45) is 1.54. The number of para-hydroxylation sites is 2. The smallest absolute Gasteiger partial charge is 0.267 e. The summed E-state index contributed by atoms with van der Waals surface area (Å²) in [5, 5.41) is 3.62. The lowest BCUT2D eigenvalue weighted by atomic mass is 9.98. The lowest BCUT2D eigenvalue weighted by Gasteiger charge is -2.14. The zero-order valence-electron chi connectivity index (χ0n) is 18.0. The molecule has 0 unspecified atom stereocenters. The lowest BCUT2D eigenvalue weighted by molar-refractivity contribution is 0.103. The fourth-order valence-corrected chi connectivity index (χ4v) is 5.03. The van der Waals surface area contributed by atoms with Crippen LogP contribution in [-0.2, 0) is 15.4 Å². The molecular formula is C22H25N3O4S2. The number of nitrogens with one attached hydrogen (secondary N) is 2. The molecule has 0 fully saturated rings. The van der Waals surface area contributed by atoms with Gasteiger partial charge in [0.05, 0.1) is 28.9 Å². The maximum Gasteiger partial charge on any atom is 0.267 e. The van der Waals surface area contributed by atoms with E-state index in [1.54, 1.807) is 43.3 Å². The van der Waals surface area contributed by atoms with Gasteiger partial charge < -0.3 is 10.1 Å². The minimum Gasteiger partial charge on any atom is -0.495 e. The van der Waals surface area contributed by atoms with Gasteiger partial charge in [0.25, 0.3) is 15.9 Å². The van der Waals surface area contributed by atoms with Crippen molar-refractivity contribution in [2.75, 3.05) is 17.1 Å². The van der Waals surface area contributed by atoms with E-state index in [4.69, 9.17) is 4.74 Å². The van der Waals surface area contributed by atoms with Crippen molar-refractivity contribution >= 4 is 38.6 Å². The number of carbonyl (C=O) groups is 1. The largest absolute Gasteiger partial charge is 0.495 e. The fraction of sp³-hybridized carbons (Fsp3) is 0.273. The van der Waals surface area contributed by atoms with Gasteiger partial charge in [0, 0.05) is 11.1 Å². The maximum absolute atomic E-state index is 13.0. The summed E-state index contributed by atoms with van der Waals surface area (Å²) in [7, 11) is -2.43. The van der Waals surface area contributed by atoms with Gasteiger partial charge >= 0.3 is 0 Å². The average Bonchev–Trinajstić information content (AvgIpc) is 3.20. The molecular weight excluding hydrogens is 434 g/mol. The van der Waals surface area contributed by atoms with Gasteiger partial charge in [-0.05, 0) is 36.8 Å². The highest BCUT2D eigenvalue weighted by Crippen LogP contribution is 2.30. The Morgan fingerprint density at radius 2 is 1.84 bits per heavy atom. The average molecular weight is 460 g/mol. The second-order valence-corrected chi connectivity index (χ2v) is 10.7. The number of ether oxygens (including phenoxy) is 1. The molecule has 2 aromatic carbocycles. The monoisotopic (exact) mass is 459 g/mol. The molecule has 1 amide bonds. The van der Waals surface area contributed by atoms with Crippen LogP contribution in [0.1, 0.15) is 41.0 Å². The summed E-state index contributed by atoms with van der Waals surface area (Å²) in [6.45, 7) is 7.78. The van der Waals surface area contributed by atoms with Gasteiger partial charge in [0.2, 0.25) is 0 Å². The van der Waals surface area contributed by atoms with E-state index >= 15 is 0 Å². The van der Waals surface area contributed by atoms with E-state index in [1.807, 2.05) is 20.8 Å². The molecule has 9 heteroatoms. The van der Waals surface area contributed by atoms with Gasteiger partial charge in [0.15, 0.2) is 0 Å². The van der Waals surface area contributed by atoms with Gasteiger partial charge in [0.1, 0.15) is 10.6 Å². The summed E-state index contributed by atoms with van der Waals surface area (Å²) >= 11 is 1.32. The van der Waals surface area contributed by atoms with E-state index < -0.39 is 10.0 Å². The Morgan fingerprint density at radius 3 is 2.48 bits per heavy atom. The maximum atomic E-state index is 13.0. The molecule has 0 aliphatic carbocycles. The summed E-state index contributed by atoms with van der Waals surface area (Å²) in [5.41, 5.74) is 1.10. The predicted molar refractivity (Wildman–Crippen MR) is 124 cm³/mol. The molecule has 3 aromatic rings. The Hall–Kier alpha value is -2.91. The van der Waals surface area contributed by atoms with E-state index in [-0.39, 0.29) is 16.2 Å². The zero-order valence-corrected chi connectivity index (χ0v) is 19.6. The summed E-state index contributed by atoms with van der Waals surface area (Å²) < 4.78 is 33.8. The number of carbonyl (C=O) groups excluding carboxylic acids is 1. The predicted octanol–water partition coefficient (Wildman–Crippen LogP) is 4.81. The van der Waals surface area contributed by atoms with Gasteiger partial charge in [-0.2, -0.15) is 0 Å². The third kappa shape index (κ3) is 5.23. The van der Waals surface area contributed by atoms with Crippen molar-refractivity contribution in [3.8, 4) is 5.75 Å². The van der Waals surface area contributed by atoms with Crippen LogP contribution in [-0.4, -0.2) is 26.4 Å². The van der Waals surface area contributed by atoms with E-state index in [0.29, 0.717) is 27.6 Å². The molecule has 2 N–H and O–H groups in total. The first kappa shape index (κ1) is 22.8. The molecule has 164 valence electrons. The molecule has 1 aromatic heterocycles. The Balaban J connectivity index is 1.86. The second-order valence-electron chi connectivity index (χ2n) is 8.02. The number of anilines is 2. The number of sulfonamides is 1. The van der Waals surface area contributed by atoms with Crippen molar-refractivity contribution in [3.05, 3.63) is 64.1 Å². The minimum absolute atomic E-state index is 0.0656. The van der Waals surface area contributed by atoms with Crippen molar-refractivity contribution in [3.63, 3.8) is 0 Å². The van der Waals surface area contributed by atoms with Crippen LogP contribution < -0.4 is 14.8 Å². The molecule has 1 heterocycles. The summed E-state index contributed by atoms with van der Waals surface area (Å²) in [6, 6.07) is 11.5. The highest BCUT2D eigenvalue weighted by molar-refractivity contribution is 7.92. The number of aryl methyl sites for hydroxylation is 1. The Kier molecular flexibility index (Phi) is 6.38. The SMILES string of the molecule is COc1ccccc1NS(=O)(=O)c1cc(NC(=O)c2cnc(C(C)(C)C)s2)ccc1C. The zero-order chi connectivity index (χ0) is 22.8. The number of thiazole rings is 1. The van der Waals surface area contributed by atoms with Crippen molar-refractivity contribution < 1.29 is 17.9 Å². The molecule has 0 spiro atoms. The minimum atomic E-state index is -3.91. The van der Waals surface area contributed by atoms with Gasteiger partial charge in [-0.3, -0.25) is 9.52 Å². The topological polar surface area (TPSA) is 97.4 Å². The van der Waals surface area contributed by atoms with Crippen molar-refractivity contribution in [1.29, 1.82) is 0 Å². The molecule has 3 rings (SSSR count). The fourth-order valence-electron chi connectivity index (χ4n) is 2.81. The number of nitrogens with zero attached hydrogens (tertiary/aromatic N) is 1. The van der Waals surface area contributed by atoms with Crippen LogP contribution in [0.3, 0.4) is 0 Å². The van der Waals surface area contributed by atoms with Gasteiger partial charge in [-0.25, -0.2) is 13.4 Å². The number of hydrogen-bond acceptors (Lipinski definition) is 6. The van der Waals surface area contributed by atoms with E-state index in [1.165, 1.54) is 30.7 Å². The number of rotatable bonds is 6. The first-order chi connectivity index (χ1) is 14.5. The third-order valence-corrected chi connectivity index (χ3v) is 7.39. The molecule has 0 aliphatic rings. The molecule has 0 saturated heterocycles. The Morgan fingerprint density at radius 1 is 1.13 bits per heavy atom. The second kappa shape index (κ2) is 8.68. The Bertz CT molecular complexity index is 1210. The number of methoxy groups -OCH3 is 1. The normalized spacial score (nSPS) is 11.8. The molecule has 0 atom stereocenters.